The number of ether oxygens (including phenoxy) is 1. The normalized spacial score (nSPS) is 10.4. The molecule has 0 radical (unpaired) electrons. The van der Waals surface area contributed by atoms with Gasteiger partial charge < -0.3 is 15.4 Å². The third-order valence-electron chi connectivity index (χ3n) is 2.79. The third-order valence-corrected chi connectivity index (χ3v) is 2.79. The summed E-state index contributed by atoms with van der Waals surface area (Å²) in [7, 11) is 1.66. The lowest BCUT2D eigenvalue weighted by Crippen LogP contribution is -2.35. The monoisotopic (exact) mass is 264 g/mol. The van der Waals surface area contributed by atoms with Crippen molar-refractivity contribution in [2.45, 2.75) is 19.3 Å². The molecular formula is C15H24N2O2. The molecule has 106 valence electrons. The number of hydrogen-bond donors (Lipinski definition) is 2. The molecule has 0 unspecified atom stereocenters. The molecule has 0 aliphatic rings. The lowest BCUT2D eigenvalue weighted by Gasteiger charge is -2.06. The second kappa shape index (κ2) is 10.5. The Morgan fingerprint density at radius 2 is 1.95 bits per heavy atom. The highest BCUT2D eigenvalue weighted by Gasteiger charge is 1.99. The fraction of sp³-hybridized carbons (Fsp3) is 0.533. The summed E-state index contributed by atoms with van der Waals surface area (Å²) in [5, 5.41) is 6.00. The van der Waals surface area contributed by atoms with Crippen molar-refractivity contribution in [1.82, 2.24) is 10.6 Å². The van der Waals surface area contributed by atoms with Gasteiger partial charge in [0.25, 0.3) is 0 Å². The molecule has 1 aromatic carbocycles. The summed E-state index contributed by atoms with van der Waals surface area (Å²) < 4.78 is 4.91. The van der Waals surface area contributed by atoms with E-state index in [4.69, 9.17) is 4.74 Å². The molecule has 0 fully saturated rings. The Morgan fingerprint density at radius 1 is 1.16 bits per heavy atom. The van der Waals surface area contributed by atoms with Gasteiger partial charge in [-0.2, -0.15) is 0 Å². The Morgan fingerprint density at radius 3 is 2.68 bits per heavy atom. The predicted molar refractivity (Wildman–Crippen MR) is 77.1 cm³/mol. The van der Waals surface area contributed by atoms with E-state index in [1.807, 2.05) is 6.07 Å². The molecule has 0 aromatic heterocycles. The van der Waals surface area contributed by atoms with Crippen molar-refractivity contribution in [1.29, 1.82) is 0 Å². The van der Waals surface area contributed by atoms with E-state index in [-0.39, 0.29) is 5.91 Å². The molecule has 1 aromatic rings. The van der Waals surface area contributed by atoms with E-state index in [0.717, 1.165) is 25.8 Å². The minimum Gasteiger partial charge on any atom is -0.385 e. The molecular weight excluding hydrogens is 240 g/mol. The fourth-order valence-corrected chi connectivity index (χ4v) is 1.77. The fourth-order valence-electron chi connectivity index (χ4n) is 1.77. The zero-order chi connectivity index (χ0) is 13.8. The van der Waals surface area contributed by atoms with Gasteiger partial charge >= 0.3 is 0 Å². The molecule has 1 amide bonds. The molecule has 0 spiro atoms. The number of hydrogen-bond acceptors (Lipinski definition) is 3. The molecule has 1 rings (SSSR count). The quantitative estimate of drug-likeness (QED) is 0.627. The molecule has 2 N–H and O–H groups in total. The lowest BCUT2D eigenvalue weighted by molar-refractivity contribution is -0.120. The molecule has 4 heteroatoms. The van der Waals surface area contributed by atoms with Crippen molar-refractivity contribution >= 4 is 5.91 Å². The van der Waals surface area contributed by atoms with Crippen LogP contribution in [0.3, 0.4) is 0 Å². The topological polar surface area (TPSA) is 50.4 Å². The Labute approximate surface area is 115 Å². The van der Waals surface area contributed by atoms with Gasteiger partial charge in [-0.3, -0.25) is 4.79 Å². The van der Waals surface area contributed by atoms with E-state index < -0.39 is 0 Å². The molecule has 0 aliphatic carbocycles. The van der Waals surface area contributed by atoms with Crippen LogP contribution in [0.2, 0.25) is 0 Å². The standard InChI is InChI=1S/C15H24N2O2/c1-19-12-6-11-17-15(18)13-16-10-5-9-14-7-3-2-4-8-14/h2-4,7-8,16H,5-6,9-13H2,1H3,(H,17,18). The SMILES string of the molecule is COCCCNC(=O)CNCCCc1ccccc1. The third kappa shape index (κ3) is 8.35. The summed E-state index contributed by atoms with van der Waals surface area (Å²) in [6.07, 6.45) is 2.94. The van der Waals surface area contributed by atoms with Crippen LogP contribution in [-0.2, 0) is 16.0 Å². The number of nitrogens with one attached hydrogen (secondary N) is 2. The van der Waals surface area contributed by atoms with Gasteiger partial charge in [0.2, 0.25) is 5.91 Å². The maximum absolute atomic E-state index is 11.4. The van der Waals surface area contributed by atoms with E-state index in [0.29, 0.717) is 19.7 Å². The minimum absolute atomic E-state index is 0.0517. The highest BCUT2D eigenvalue weighted by molar-refractivity contribution is 5.77. The molecule has 0 atom stereocenters. The largest absolute Gasteiger partial charge is 0.385 e. The summed E-state index contributed by atoms with van der Waals surface area (Å²) in [6, 6.07) is 10.4. The number of rotatable bonds is 10. The average Bonchev–Trinajstić information content (AvgIpc) is 2.44. The van der Waals surface area contributed by atoms with Crippen molar-refractivity contribution in [3.8, 4) is 0 Å². The van der Waals surface area contributed by atoms with E-state index in [9.17, 15) is 4.79 Å². The summed E-state index contributed by atoms with van der Waals surface area (Å²) in [4.78, 5) is 11.4. The van der Waals surface area contributed by atoms with Crippen molar-refractivity contribution in [2.24, 2.45) is 0 Å². The summed E-state index contributed by atoms with van der Waals surface area (Å²) in [6.45, 7) is 2.62. The smallest absolute Gasteiger partial charge is 0.233 e. The molecule has 19 heavy (non-hydrogen) atoms. The molecule has 4 nitrogen and oxygen atoms in total. The van der Waals surface area contributed by atoms with Crippen molar-refractivity contribution in [3.63, 3.8) is 0 Å². The Kier molecular flexibility index (Phi) is 8.68. The number of aryl methyl sites for hydroxylation is 1. The van der Waals surface area contributed by atoms with Crippen LogP contribution in [0.4, 0.5) is 0 Å². The van der Waals surface area contributed by atoms with Crippen LogP contribution in [-0.4, -0.2) is 39.3 Å². The highest BCUT2D eigenvalue weighted by Crippen LogP contribution is 2.01. The van der Waals surface area contributed by atoms with Crippen molar-refractivity contribution < 1.29 is 9.53 Å². The first-order valence-electron chi connectivity index (χ1n) is 6.83. The molecule has 0 saturated heterocycles. The second-order valence-corrected chi connectivity index (χ2v) is 4.46. The maximum atomic E-state index is 11.4. The number of benzene rings is 1. The predicted octanol–water partition coefficient (Wildman–Crippen LogP) is 1.36. The number of carbonyl (C=O) groups is 1. The molecule has 0 aliphatic heterocycles. The van der Waals surface area contributed by atoms with E-state index in [2.05, 4.69) is 34.9 Å². The van der Waals surface area contributed by atoms with Crippen LogP contribution < -0.4 is 10.6 Å². The lowest BCUT2D eigenvalue weighted by atomic mass is 10.1. The second-order valence-electron chi connectivity index (χ2n) is 4.46. The van der Waals surface area contributed by atoms with Crippen LogP contribution >= 0.6 is 0 Å². The zero-order valence-corrected chi connectivity index (χ0v) is 11.7. The van der Waals surface area contributed by atoms with Gasteiger partial charge in [0.15, 0.2) is 0 Å². The van der Waals surface area contributed by atoms with Gasteiger partial charge in [0, 0.05) is 20.3 Å². The highest BCUT2D eigenvalue weighted by atomic mass is 16.5. The Bertz CT molecular complexity index is 341. The first-order chi connectivity index (χ1) is 9.33. The number of methoxy groups -OCH3 is 1. The molecule has 0 bridgehead atoms. The maximum Gasteiger partial charge on any atom is 0.233 e. The van der Waals surface area contributed by atoms with Gasteiger partial charge in [0.05, 0.1) is 6.54 Å². The summed E-state index contributed by atoms with van der Waals surface area (Å²) >= 11 is 0. The van der Waals surface area contributed by atoms with Crippen LogP contribution in [0, 0.1) is 0 Å². The zero-order valence-electron chi connectivity index (χ0n) is 11.7. The average molecular weight is 264 g/mol. The van der Waals surface area contributed by atoms with E-state index in [1.165, 1.54) is 5.56 Å². The van der Waals surface area contributed by atoms with Crippen molar-refractivity contribution in [2.75, 3.05) is 33.4 Å². The number of amides is 1. The first kappa shape index (κ1) is 15.7. The first-order valence-corrected chi connectivity index (χ1v) is 6.83. The van der Waals surface area contributed by atoms with Crippen molar-refractivity contribution in [3.05, 3.63) is 35.9 Å². The van der Waals surface area contributed by atoms with Crippen LogP contribution in [0.5, 0.6) is 0 Å². The van der Waals surface area contributed by atoms with E-state index >= 15 is 0 Å². The van der Waals surface area contributed by atoms with Crippen LogP contribution in [0.1, 0.15) is 18.4 Å². The Balaban J connectivity index is 1.94. The molecule has 0 heterocycles. The summed E-state index contributed by atoms with van der Waals surface area (Å²) in [5.41, 5.74) is 1.34. The van der Waals surface area contributed by atoms with Gasteiger partial charge in [-0.15, -0.1) is 0 Å². The van der Waals surface area contributed by atoms with E-state index in [1.54, 1.807) is 7.11 Å². The van der Waals surface area contributed by atoms with Gasteiger partial charge in [-0.05, 0) is 31.4 Å². The van der Waals surface area contributed by atoms with Crippen LogP contribution in [0.25, 0.3) is 0 Å². The number of carbonyl (C=O) groups excluding carboxylic acids is 1. The summed E-state index contributed by atoms with van der Waals surface area (Å²) in [5.74, 6) is 0.0517. The van der Waals surface area contributed by atoms with Gasteiger partial charge in [0.1, 0.15) is 0 Å². The van der Waals surface area contributed by atoms with Gasteiger partial charge in [-0.1, -0.05) is 30.3 Å². The Hall–Kier alpha value is -1.39. The minimum atomic E-state index is 0.0517. The van der Waals surface area contributed by atoms with Gasteiger partial charge in [-0.25, -0.2) is 0 Å². The van der Waals surface area contributed by atoms with Crippen LogP contribution in [0.15, 0.2) is 30.3 Å². The molecule has 0 saturated carbocycles.